The lowest BCUT2D eigenvalue weighted by atomic mass is 10.2. The van der Waals surface area contributed by atoms with Crippen molar-refractivity contribution in [3.63, 3.8) is 0 Å². The van der Waals surface area contributed by atoms with Crippen LogP contribution in [-0.2, 0) is 4.79 Å². The van der Waals surface area contributed by atoms with Crippen molar-refractivity contribution in [3.8, 4) is 17.2 Å². The first-order valence-electron chi connectivity index (χ1n) is 10.7. The van der Waals surface area contributed by atoms with Gasteiger partial charge in [-0.2, -0.15) is 5.10 Å². The molecule has 8 heteroatoms. The smallest absolute Gasteiger partial charge is 0.277 e. The average molecular weight is 482 g/mol. The van der Waals surface area contributed by atoms with E-state index in [-0.39, 0.29) is 12.5 Å². The number of aromatic nitrogens is 1. The van der Waals surface area contributed by atoms with E-state index in [9.17, 15) is 4.79 Å². The molecular weight excluding hydrogens is 454 g/mol. The summed E-state index contributed by atoms with van der Waals surface area (Å²) in [5, 5.41) is 4.11. The second-order valence-corrected chi connectivity index (χ2v) is 10.3. The van der Waals surface area contributed by atoms with E-state index in [2.05, 4.69) is 27.2 Å². The van der Waals surface area contributed by atoms with E-state index in [1.54, 1.807) is 13.3 Å². The highest BCUT2D eigenvalue weighted by Gasteiger charge is 2.18. The first-order valence-corrected chi connectivity index (χ1v) is 12.8. The molecule has 3 aromatic rings. The molecule has 0 atom stereocenters. The van der Waals surface area contributed by atoms with Crippen LogP contribution in [0.2, 0.25) is 0 Å². The topological polar surface area (TPSA) is 64.8 Å². The molecule has 0 radical (unpaired) electrons. The van der Waals surface area contributed by atoms with Gasteiger partial charge in [0.2, 0.25) is 0 Å². The van der Waals surface area contributed by atoms with Crippen molar-refractivity contribution >= 4 is 35.6 Å². The van der Waals surface area contributed by atoms with E-state index >= 15 is 0 Å². The lowest BCUT2D eigenvalue weighted by Gasteiger charge is -2.11. The number of amides is 1. The van der Waals surface area contributed by atoms with Crippen LogP contribution in [-0.4, -0.2) is 41.9 Å². The Kier molecular flexibility index (Phi) is 7.67. The Bertz CT molecular complexity index is 1140. The molecule has 6 nitrogen and oxygen atoms in total. The second-order valence-electron chi connectivity index (χ2n) is 7.59. The number of nitrogens with zero attached hydrogens (tertiary/aromatic N) is 2. The number of benzene rings is 2. The number of thioether (sulfide) groups is 2. The van der Waals surface area contributed by atoms with E-state index in [1.165, 1.54) is 17.1 Å². The molecule has 0 saturated carbocycles. The number of ether oxygens (including phenoxy) is 2. The van der Waals surface area contributed by atoms with Crippen molar-refractivity contribution in [1.29, 1.82) is 0 Å². The molecule has 1 aliphatic rings. The highest BCUT2D eigenvalue weighted by molar-refractivity contribution is 8.19. The highest BCUT2D eigenvalue weighted by atomic mass is 32.2. The van der Waals surface area contributed by atoms with Crippen LogP contribution in [0.1, 0.15) is 27.1 Å². The monoisotopic (exact) mass is 481 g/mol. The van der Waals surface area contributed by atoms with E-state index in [0.717, 1.165) is 28.4 Å². The van der Waals surface area contributed by atoms with Gasteiger partial charge in [0.15, 0.2) is 6.61 Å². The Morgan fingerprint density at radius 3 is 2.61 bits per heavy atom. The number of rotatable bonds is 8. The van der Waals surface area contributed by atoms with Gasteiger partial charge in [0.25, 0.3) is 5.91 Å². The molecule has 0 unspecified atom stereocenters. The number of methoxy groups -OCH3 is 1. The van der Waals surface area contributed by atoms with E-state index < -0.39 is 0 Å². The van der Waals surface area contributed by atoms with Crippen LogP contribution in [0.4, 0.5) is 0 Å². The Morgan fingerprint density at radius 1 is 1.12 bits per heavy atom. The fourth-order valence-corrected chi connectivity index (χ4v) is 6.55. The molecule has 33 heavy (non-hydrogen) atoms. The number of nitrogens with one attached hydrogen (secondary N) is 1. The third kappa shape index (κ3) is 5.75. The van der Waals surface area contributed by atoms with Gasteiger partial charge in [-0.3, -0.25) is 4.79 Å². The summed E-state index contributed by atoms with van der Waals surface area (Å²) in [7, 11) is 1.66. The molecule has 0 aliphatic carbocycles. The van der Waals surface area contributed by atoms with Gasteiger partial charge in [0, 0.05) is 40.2 Å². The summed E-state index contributed by atoms with van der Waals surface area (Å²) in [5.41, 5.74) is 7.85. The molecule has 1 aromatic heterocycles. The third-order valence-corrected chi connectivity index (χ3v) is 8.42. The number of hydrogen-bond acceptors (Lipinski definition) is 6. The zero-order chi connectivity index (χ0) is 23.2. The molecule has 1 amide bonds. The maximum absolute atomic E-state index is 12.2. The average Bonchev–Trinajstić information content (AvgIpc) is 3.46. The Labute approximate surface area is 202 Å². The van der Waals surface area contributed by atoms with Crippen molar-refractivity contribution in [2.45, 2.75) is 18.4 Å². The van der Waals surface area contributed by atoms with Crippen LogP contribution in [0.25, 0.3) is 5.69 Å². The molecule has 172 valence electrons. The van der Waals surface area contributed by atoms with Crippen molar-refractivity contribution in [3.05, 3.63) is 77.1 Å². The molecule has 1 aliphatic heterocycles. The zero-order valence-electron chi connectivity index (χ0n) is 18.9. The van der Waals surface area contributed by atoms with Gasteiger partial charge in [0.1, 0.15) is 11.5 Å². The van der Waals surface area contributed by atoms with Crippen LogP contribution in [0.5, 0.6) is 11.5 Å². The molecule has 0 bridgehead atoms. The maximum atomic E-state index is 12.2. The minimum Gasteiger partial charge on any atom is -0.497 e. The van der Waals surface area contributed by atoms with Crippen LogP contribution >= 0.6 is 23.5 Å². The standard InChI is InChI=1S/C25H27N3O3S2/c1-17-13-20(18(2)28(17)21-5-4-6-23(14-21)30-3)15-26-27-24(29)16-31-22-9-7-19(8-10-22)25-32-11-12-33-25/h4-10,13-15,25H,11-12,16H2,1-3H3,(H,27,29)/b26-15+. The van der Waals surface area contributed by atoms with Gasteiger partial charge in [-0.25, -0.2) is 5.43 Å². The van der Waals surface area contributed by atoms with Gasteiger partial charge >= 0.3 is 0 Å². The predicted molar refractivity (Wildman–Crippen MR) is 137 cm³/mol. The zero-order valence-corrected chi connectivity index (χ0v) is 20.5. The van der Waals surface area contributed by atoms with E-state index in [0.29, 0.717) is 10.3 Å². The first-order chi connectivity index (χ1) is 16.0. The fraction of sp³-hybridized carbons (Fsp3) is 0.280. The van der Waals surface area contributed by atoms with E-state index in [1.807, 2.05) is 79.8 Å². The highest BCUT2D eigenvalue weighted by Crippen LogP contribution is 2.45. The summed E-state index contributed by atoms with van der Waals surface area (Å²) in [6.45, 7) is 3.96. The number of hydrazone groups is 1. The number of carbonyl (C=O) groups excluding carboxylic acids is 1. The van der Waals surface area contributed by atoms with Crippen molar-refractivity contribution < 1.29 is 14.3 Å². The van der Waals surface area contributed by atoms with Crippen molar-refractivity contribution in [2.24, 2.45) is 5.10 Å². The van der Waals surface area contributed by atoms with Crippen LogP contribution in [0.15, 0.2) is 59.7 Å². The molecule has 4 rings (SSSR count). The number of hydrogen-bond donors (Lipinski definition) is 1. The minimum absolute atomic E-state index is 0.0908. The molecule has 2 heterocycles. The number of aryl methyl sites for hydroxylation is 1. The SMILES string of the molecule is COc1cccc(-n2c(C)cc(/C=N/NC(=O)COc3ccc(C4SCCS4)cc3)c2C)c1. The first kappa shape index (κ1) is 23.3. The molecule has 1 saturated heterocycles. The van der Waals surface area contributed by atoms with Crippen LogP contribution in [0.3, 0.4) is 0 Å². The predicted octanol–water partition coefficient (Wildman–Crippen LogP) is 5.11. The summed E-state index contributed by atoms with van der Waals surface area (Å²) < 4.78 is 13.6. The van der Waals surface area contributed by atoms with Crippen LogP contribution < -0.4 is 14.9 Å². The largest absolute Gasteiger partial charge is 0.497 e. The van der Waals surface area contributed by atoms with Gasteiger partial charge in [0.05, 0.1) is 17.9 Å². The van der Waals surface area contributed by atoms with Gasteiger partial charge < -0.3 is 14.0 Å². The lowest BCUT2D eigenvalue weighted by molar-refractivity contribution is -0.123. The fourth-order valence-electron chi connectivity index (χ4n) is 3.69. The Hall–Kier alpha value is -2.84. The summed E-state index contributed by atoms with van der Waals surface area (Å²) in [5.74, 6) is 3.55. The molecule has 1 N–H and O–H groups in total. The maximum Gasteiger partial charge on any atom is 0.277 e. The minimum atomic E-state index is -0.307. The summed E-state index contributed by atoms with van der Waals surface area (Å²) in [4.78, 5) is 12.2. The molecule has 2 aromatic carbocycles. The van der Waals surface area contributed by atoms with Crippen LogP contribution in [0, 0.1) is 13.8 Å². The third-order valence-electron chi connectivity index (χ3n) is 5.32. The summed E-state index contributed by atoms with van der Waals surface area (Å²) in [6.07, 6.45) is 1.66. The molecular formula is C25H27N3O3S2. The molecule has 0 spiro atoms. The van der Waals surface area contributed by atoms with Gasteiger partial charge in [-0.05, 0) is 49.7 Å². The Morgan fingerprint density at radius 2 is 1.88 bits per heavy atom. The molecule has 1 fully saturated rings. The second kappa shape index (κ2) is 10.9. The van der Waals surface area contributed by atoms with Gasteiger partial charge in [-0.1, -0.05) is 18.2 Å². The van der Waals surface area contributed by atoms with Gasteiger partial charge in [-0.15, -0.1) is 23.5 Å². The summed E-state index contributed by atoms with van der Waals surface area (Å²) >= 11 is 3.93. The summed E-state index contributed by atoms with van der Waals surface area (Å²) in [6, 6.07) is 17.9. The quantitative estimate of drug-likeness (QED) is 0.358. The Balaban J connectivity index is 1.32. The van der Waals surface area contributed by atoms with Crippen molar-refractivity contribution in [1.82, 2.24) is 9.99 Å². The van der Waals surface area contributed by atoms with Crippen molar-refractivity contribution in [2.75, 3.05) is 25.2 Å². The van der Waals surface area contributed by atoms with E-state index in [4.69, 9.17) is 9.47 Å². The lowest BCUT2D eigenvalue weighted by Crippen LogP contribution is -2.24. The normalized spacial score (nSPS) is 14.0. The number of carbonyl (C=O) groups is 1.